The van der Waals surface area contributed by atoms with Gasteiger partial charge in [-0.25, -0.2) is 16.8 Å². The smallest absolute Gasteiger partial charge is 0.309 e. The highest BCUT2D eigenvalue weighted by molar-refractivity contribution is 7.95. The lowest BCUT2D eigenvalue weighted by atomic mass is 10.2. The van der Waals surface area contributed by atoms with Crippen LogP contribution in [0.3, 0.4) is 0 Å². The Morgan fingerprint density at radius 1 is 1.06 bits per heavy atom. The van der Waals surface area contributed by atoms with Crippen LogP contribution in [0.15, 0.2) is 0 Å². The van der Waals surface area contributed by atoms with E-state index in [1.807, 2.05) is 0 Å². The average Bonchev–Trinajstić information content (AvgIpc) is 2.25. The molecule has 0 N–H and O–H groups in total. The molecule has 0 heterocycles. The van der Waals surface area contributed by atoms with E-state index in [-0.39, 0.29) is 11.5 Å². The van der Waals surface area contributed by atoms with E-state index in [2.05, 4.69) is 4.74 Å². The van der Waals surface area contributed by atoms with Gasteiger partial charge in [-0.05, 0) is 6.42 Å². The Balaban J connectivity index is 4.46. The third-order valence-corrected chi connectivity index (χ3v) is 6.28. The molecule has 0 rings (SSSR count). The first kappa shape index (κ1) is 17.4. The molecule has 0 spiro atoms. The molecule has 0 aromatic carbocycles. The Morgan fingerprint density at radius 2 is 1.56 bits per heavy atom. The average molecular weight is 300 g/mol. The van der Waals surface area contributed by atoms with Crippen molar-refractivity contribution in [2.75, 3.05) is 30.1 Å². The van der Waals surface area contributed by atoms with Gasteiger partial charge in [0.2, 0.25) is 0 Å². The zero-order valence-corrected chi connectivity index (χ0v) is 12.5. The van der Waals surface area contributed by atoms with E-state index in [1.165, 1.54) is 14.0 Å². The number of sulfone groups is 2. The van der Waals surface area contributed by atoms with E-state index in [0.717, 1.165) is 0 Å². The Hall–Kier alpha value is -0.630. The Labute approximate surface area is 109 Å². The molecule has 0 saturated heterocycles. The maximum absolute atomic E-state index is 11.6. The molecular formula is C10H20O6S2. The van der Waals surface area contributed by atoms with Gasteiger partial charge in [-0.1, -0.05) is 13.8 Å². The molecule has 18 heavy (non-hydrogen) atoms. The van der Waals surface area contributed by atoms with Crippen LogP contribution < -0.4 is 0 Å². The van der Waals surface area contributed by atoms with E-state index >= 15 is 0 Å². The van der Waals surface area contributed by atoms with Crippen molar-refractivity contribution in [3.05, 3.63) is 0 Å². The van der Waals surface area contributed by atoms with Crippen molar-refractivity contribution in [3.63, 3.8) is 0 Å². The van der Waals surface area contributed by atoms with E-state index in [1.54, 1.807) is 6.92 Å². The van der Waals surface area contributed by atoms with Crippen molar-refractivity contribution in [2.24, 2.45) is 5.92 Å². The van der Waals surface area contributed by atoms with Gasteiger partial charge >= 0.3 is 5.97 Å². The van der Waals surface area contributed by atoms with Gasteiger partial charge < -0.3 is 4.74 Å². The first-order valence-corrected chi connectivity index (χ1v) is 9.26. The molecule has 0 aromatic heterocycles. The van der Waals surface area contributed by atoms with Crippen LogP contribution in [0.5, 0.6) is 0 Å². The Morgan fingerprint density at radius 3 is 2.00 bits per heavy atom. The minimum Gasteiger partial charge on any atom is -0.469 e. The van der Waals surface area contributed by atoms with E-state index in [4.69, 9.17) is 0 Å². The highest BCUT2D eigenvalue weighted by Gasteiger charge is 2.24. The van der Waals surface area contributed by atoms with Gasteiger partial charge in [0.05, 0.1) is 30.3 Å². The molecule has 0 aliphatic carbocycles. The molecule has 0 saturated carbocycles. The third-order valence-electron chi connectivity index (χ3n) is 2.33. The summed E-state index contributed by atoms with van der Waals surface area (Å²) in [5.41, 5.74) is 0. The summed E-state index contributed by atoms with van der Waals surface area (Å²) in [6.07, 6.45) is 0.459. The standard InChI is InChI=1S/C10H20O6S2/c1-4-5-17(12,13)6-7-18(14,15)8-9(2)10(11)16-3/h9H,4-8H2,1-3H3. The predicted octanol–water partition coefficient (Wildman–Crippen LogP) is 0.0351. The molecule has 0 aromatic rings. The number of hydrogen-bond donors (Lipinski definition) is 0. The number of hydrogen-bond acceptors (Lipinski definition) is 6. The number of carbonyl (C=O) groups excluding carboxylic acids is 1. The van der Waals surface area contributed by atoms with Crippen LogP contribution in [0.2, 0.25) is 0 Å². The van der Waals surface area contributed by atoms with Crippen LogP contribution in [-0.4, -0.2) is 52.9 Å². The summed E-state index contributed by atoms with van der Waals surface area (Å²) in [7, 11) is -5.71. The summed E-state index contributed by atoms with van der Waals surface area (Å²) in [5, 5.41) is 0. The summed E-state index contributed by atoms with van der Waals surface area (Å²) in [6.45, 7) is 3.15. The first-order chi connectivity index (χ1) is 8.13. The highest BCUT2D eigenvalue weighted by atomic mass is 32.2. The van der Waals surface area contributed by atoms with Crippen molar-refractivity contribution >= 4 is 25.6 Å². The fraction of sp³-hybridized carbons (Fsp3) is 0.900. The van der Waals surface area contributed by atoms with Crippen LogP contribution in [-0.2, 0) is 29.2 Å². The van der Waals surface area contributed by atoms with Gasteiger partial charge in [0.25, 0.3) is 0 Å². The molecule has 6 nitrogen and oxygen atoms in total. The predicted molar refractivity (Wildman–Crippen MR) is 68.8 cm³/mol. The second-order valence-corrected chi connectivity index (χ2v) is 8.72. The number of carbonyl (C=O) groups is 1. The summed E-state index contributed by atoms with van der Waals surface area (Å²) >= 11 is 0. The van der Waals surface area contributed by atoms with Crippen molar-refractivity contribution < 1.29 is 26.4 Å². The van der Waals surface area contributed by atoms with Crippen molar-refractivity contribution in [1.82, 2.24) is 0 Å². The van der Waals surface area contributed by atoms with Crippen molar-refractivity contribution in [2.45, 2.75) is 20.3 Å². The molecule has 1 atom stereocenters. The molecule has 0 radical (unpaired) electrons. The lowest BCUT2D eigenvalue weighted by Crippen LogP contribution is -2.27. The minimum absolute atomic E-state index is 0.0188. The molecule has 108 valence electrons. The zero-order chi connectivity index (χ0) is 14.4. The van der Waals surface area contributed by atoms with Gasteiger partial charge in [0.15, 0.2) is 19.7 Å². The molecule has 0 bridgehead atoms. The Bertz CT molecular complexity index is 463. The van der Waals surface area contributed by atoms with Gasteiger partial charge in [-0.15, -0.1) is 0 Å². The lowest BCUT2D eigenvalue weighted by Gasteiger charge is -2.10. The van der Waals surface area contributed by atoms with Crippen LogP contribution in [0.4, 0.5) is 0 Å². The maximum atomic E-state index is 11.6. The van der Waals surface area contributed by atoms with Crippen molar-refractivity contribution in [3.8, 4) is 0 Å². The second-order valence-electron chi connectivity index (χ2n) is 4.19. The highest BCUT2D eigenvalue weighted by Crippen LogP contribution is 2.06. The number of esters is 1. The fourth-order valence-electron chi connectivity index (χ4n) is 1.40. The fourth-order valence-corrected chi connectivity index (χ4v) is 5.32. The third kappa shape index (κ3) is 6.95. The quantitative estimate of drug-likeness (QED) is 0.587. The number of rotatable bonds is 8. The second kappa shape index (κ2) is 7.08. The van der Waals surface area contributed by atoms with Gasteiger partial charge in [0.1, 0.15) is 0 Å². The summed E-state index contributed by atoms with van der Waals surface area (Å²) < 4.78 is 50.5. The van der Waals surface area contributed by atoms with E-state index in [0.29, 0.717) is 6.42 Å². The topological polar surface area (TPSA) is 94.6 Å². The van der Waals surface area contributed by atoms with Crippen LogP contribution in [0.25, 0.3) is 0 Å². The normalized spacial score (nSPS) is 14.2. The Kier molecular flexibility index (Phi) is 6.83. The summed E-state index contributed by atoms with van der Waals surface area (Å²) in [4.78, 5) is 11.1. The zero-order valence-electron chi connectivity index (χ0n) is 10.9. The summed E-state index contributed by atoms with van der Waals surface area (Å²) in [6, 6.07) is 0. The lowest BCUT2D eigenvalue weighted by molar-refractivity contribution is -0.144. The van der Waals surface area contributed by atoms with Gasteiger partial charge in [-0.3, -0.25) is 4.79 Å². The van der Waals surface area contributed by atoms with Gasteiger partial charge in [0, 0.05) is 5.75 Å². The minimum atomic E-state index is -3.57. The maximum Gasteiger partial charge on any atom is 0.309 e. The van der Waals surface area contributed by atoms with Crippen molar-refractivity contribution in [1.29, 1.82) is 0 Å². The largest absolute Gasteiger partial charge is 0.469 e. The van der Waals surface area contributed by atoms with E-state index in [9.17, 15) is 21.6 Å². The molecule has 0 aliphatic rings. The number of ether oxygens (including phenoxy) is 1. The monoisotopic (exact) mass is 300 g/mol. The molecule has 1 unspecified atom stereocenters. The molecular weight excluding hydrogens is 280 g/mol. The summed E-state index contributed by atoms with van der Waals surface area (Å²) in [5.74, 6) is -2.65. The SMILES string of the molecule is CCCS(=O)(=O)CCS(=O)(=O)CC(C)C(=O)OC. The first-order valence-electron chi connectivity index (χ1n) is 5.62. The van der Waals surface area contributed by atoms with E-state index < -0.39 is 43.1 Å². The van der Waals surface area contributed by atoms with Gasteiger partial charge in [-0.2, -0.15) is 0 Å². The molecule has 0 amide bonds. The molecule has 8 heteroatoms. The van der Waals surface area contributed by atoms with Crippen LogP contribution >= 0.6 is 0 Å². The number of methoxy groups -OCH3 is 1. The van der Waals surface area contributed by atoms with Crippen LogP contribution in [0.1, 0.15) is 20.3 Å². The van der Waals surface area contributed by atoms with Crippen LogP contribution in [0, 0.1) is 5.92 Å². The molecule has 0 aliphatic heterocycles. The molecule has 0 fully saturated rings.